The fraction of sp³-hybridized carbons (Fsp3) is 0.769. The van der Waals surface area contributed by atoms with Crippen LogP contribution in [0.15, 0.2) is 0 Å². The Balaban J connectivity index is 2.09. The van der Waals surface area contributed by atoms with E-state index in [1.54, 1.807) is 0 Å². The lowest BCUT2D eigenvalue weighted by Gasteiger charge is -2.40. The maximum atomic E-state index is 12.2. The first-order valence-corrected chi connectivity index (χ1v) is 6.78. The van der Waals surface area contributed by atoms with Gasteiger partial charge in [0.1, 0.15) is 5.54 Å². The Morgan fingerprint density at radius 1 is 1.53 bits per heavy atom. The van der Waals surface area contributed by atoms with E-state index in [9.17, 15) is 19.5 Å². The zero-order valence-electron chi connectivity index (χ0n) is 11.3. The number of carboxylic acid groups (broad SMARTS) is 1. The van der Waals surface area contributed by atoms with Crippen LogP contribution in [0.4, 0.5) is 0 Å². The van der Waals surface area contributed by atoms with Crippen LogP contribution in [-0.4, -0.2) is 45.4 Å². The zero-order chi connectivity index (χ0) is 14.2. The van der Waals surface area contributed by atoms with Crippen molar-refractivity contribution in [2.24, 2.45) is 0 Å². The van der Waals surface area contributed by atoms with Gasteiger partial charge in [-0.3, -0.25) is 24.6 Å². The second-order valence-electron chi connectivity index (χ2n) is 5.50. The Labute approximate surface area is 112 Å². The SMILES string of the molecule is CCC(C)N1C(=O)CC(NC2(C(=O)O)CCC2)C1=O. The van der Waals surface area contributed by atoms with Crippen molar-refractivity contribution in [2.75, 3.05) is 0 Å². The largest absolute Gasteiger partial charge is 0.480 e. The van der Waals surface area contributed by atoms with Gasteiger partial charge in [-0.1, -0.05) is 6.92 Å². The third-order valence-electron chi connectivity index (χ3n) is 4.28. The van der Waals surface area contributed by atoms with Crippen molar-refractivity contribution in [1.29, 1.82) is 0 Å². The number of amides is 2. The highest BCUT2D eigenvalue weighted by Gasteiger charge is 2.50. The molecular weight excluding hydrogens is 248 g/mol. The maximum Gasteiger partial charge on any atom is 0.323 e. The lowest BCUT2D eigenvalue weighted by molar-refractivity contribution is -0.149. The van der Waals surface area contributed by atoms with Gasteiger partial charge in [-0.05, 0) is 32.6 Å². The predicted molar refractivity (Wildman–Crippen MR) is 67.4 cm³/mol. The number of rotatable bonds is 5. The molecule has 0 spiro atoms. The highest BCUT2D eigenvalue weighted by atomic mass is 16.4. The van der Waals surface area contributed by atoms with E-state index in [-0.39, 0.29) is 24.3 Å². The van der Waals surface area contributed by atoms with Crippen LogP contribution >= 0.6 is 0 Å². The van der Waals surface area contributed by atoms with Gasteiger partial charge in [-0.15, -0.1) is 0 Å². The van der Waals surface area contributed by atoms with Crippen molar-refractivity contribution < 1.29 is 19.5 Å². The quantitative estimate of drug-likeness (QED) is 0.709. The molecule has 1 aliphatic heterocycles. The van der Waals surface area contributed by atoms with E-state index in [2.05, 4.69) is 5.32 Å². The van der Waals surface area contributed by atoms with Crippen molar-refractivity contribution in [3.63, 3.8) is 0 Å². The Kier molecular flexibility index (Phi) is 3.62. The lowest BCUT2D eigenvalue weighted by Crippen LogP contribution is -2.61. The highest BCUT2D eigenvalue weighted by molar-refractivity contribution is 6.06. The monoisotopic (exact) mass is 268 g/mol. The summed E-state index contributed by atoms with van der Waals surface area (Å²) in [6.45, 7) is 3.74. The smallest absolute Gasteiger partial charge is 0.323 e. The van der Waals surface area contributed by atoms with Crippen LogP contribution in [0.3, 0.4) is 0 Å². The average molecular weight is 268 g/mol. The number of hydrogen-bond donors (Lipinski definition) is 2. The molecule has 2 unspecified atom stereocenters. The van der Waals surface area contributed by atoms with Gasteiger partial charge < -0.3 is 5.11 Å². The molecule has 0 aromatic rings. The summed E-state index contributed by atoms with van der Waals surface area (Å²) in [6, 6.07) is -0.813. The second-order valence-corrected chi connectivity index (χ2v) is 5.50. The van der Waals surface area contributed by atoms with Crippen LogP contribution in [-0.2, 0) is 14.4 Å². The van der Waals surface area contributed by atoms with Gasteiger partial charge >= 0.3 is 5.97 Å². The van der Waals surface area contributed by atoms with Crippen LogP contribution in [0.25, 0.3) is 0 Å². The molecule has 0 radical (unpaired) electrons. The minimum atomic E-state index is -1.01. The summed E-state index contributed by atoms with van der Waals surface area (Å²) in [6.07, 6.45) is 2.64. The Morgan fingerprint density at radius 2 is 2.16 bits per heavy atom. The van der Waals surface area contributed by atoms with Crippen LogP contribution in [0.2, 0.25) is 0 Å². The molecule has 6 nitrogen and oxygen atoms in total. The van der Waals surface area contributed by atoms with Gasteiger partial charge in [0, 0.05) is 6.04 Å². The molecule has 2 fully saturated rings. The predicted octanol–water partition coefficient (Wildman–Crippen LogP) is 0.509. The molecule has 2 aliphatic rings. The number of hydrogen-bond acceptors (Lipinski definition) is 4. The Hall–Kier alpha value is -1.43. The fourth-order valence-corrected chi connectivity index (χ4v) is 2.69. The van der Waals surface area contributed by atoms with Crippen molar-refractivity contribution in [3.8, 4) is 0 Å². The standard InChI is InChI=1S/C13H20N2O4/c1-3-8(2)15-10(16)7-9(11(15)17)14-13(12(18)19)5-4-6-13/h8-9,14H,3-7H2,1-2H3,(H,18,19). The van der Waals surface area contributed by atoms with E-state index in [1.165, 1.54) is 4.90 Å². The van der Waals surface area contributed by atoms with Crippen molar-refractivity contribution in [3.05, 3.63) is 0 Å². The lowest BCUT2D eigenvalue weighted by atomic mass is 9.76. The van der Waals surface area contributed by atoms with E-state index in [0.29, 0.717) is 19.3 Å². The van der Waals surface area contributed by atoms with Gasteiger partial charge in [-0.2, -0.15) is 0 Å². The second kappa shape index (κ2) is 4.92. The molecule has 106 valence electrons. The number of imide groups is 1. The molecule has 0 aromatic carbocycles. The number of likely N-dealkylation sites (tertiary alicyclic amines) is 1. The number of aliphatic carboxylic acids is 1. The van der Waals surface area contributed by atoms with Crippen LogP contribution < -0.4 is 5.32 Å². The summed E-state index contributed by atoms with van der Waals surface area (Å²) in [5.74, 6) is -1.43. The van der Waals surface area contributed by atoms with Gasteiger partial charge in [0.05, 0.1) is 12.5 Å². The zero-order valence-corrected chi connectivity index (χ0v) is 11.3. The molecule has 2 atom stereocenters. The molecular formula is C13H20N2O4. The first-order valence-electron chi connectivity index (χ1n) is 6.78. The molecule has 2 rings (SSSR count). The summed E-state index contributed by atoms with van der Waals surface area (Å²) < 4.78 is 0. The van der Waals surface area contributed by atoms with Gasteiger partial charge in [0.15, 0.2) is 0 Å². The topological polar surface area (TPSA) is 86.7 Å². The van der Waals surface area contributed by atoms with E-state index >= 15 is 0 Å². The van der Waals surface area contributed by atoms with E-state index < -0.39 is 17.6 Å². The van der Waals surface area contributed by atoms with E-state index in [4.69, 9.17) is 0 Å². The van der Waals surface area contributed by atoms with Crippen molar-refractivity contribution in [2.45, 2.75) is 63.6 Å². The number of carboxylic acids is 1. The minimum Gasteiger partial charge on any atom is -0.480 e. The summed E-state index contributed by atoms with van der Waals surface area (Å²) in [4.78, 5) is 36.6. The normalized spacial score (nSPS) is 27.3. The summed E-state index contributed by atoms with van der Waals surface area (Å²) in [5.41, 5.74) is -1.01. The summed E-state index contributed by atoms with van der Waals surface area (Å²) in [5, 5.41) is 12.2. The molecule has 6 heteroatoms. The molecule has 19 heavy (non-hydrogen) atoms. The van der Waals surface area contributed by atoms with E-state index in [0.717, 1.165) is 6.42 Å². The van der Waals surface area contributed by atoms with Gasteiger partial charge in [0.2, 0.25) is 11.8 Å². The van der Waals surface area contributed by atoms with Crippen molar-refractivity contribution in [1.82, 2.24) is 10.2 Å². The number of carbonyl (C=O) groups is 3. The Morgan fingerprint density at radius 3 is 2.58 bits per heavy atom. The molecule has 1 heterocycles. The molecule has 2 N–H and O–H groups in total. The number of nitrogens with one attached hydrogen (secondary N) is 1. The molecule has 1 saturated heterocycles. The van der Waals surface area contributed by atoms with Crippen LogP contribution in [0.1, 0.15) is 46.0 Å². The average Bonchev–Trinajstić information content (AvgIpc) is 2.57. The minimum absolute atomic E-state index is 0.0677. The molecule has 0 aromatic heterocycles. The molecule has 1 saturated carbocycles. The molecule has 1 aliphatic carbocycles. The third kappa shape index (κ3) is 2.25. The van der Waals surface area contributed by atoms with Crippen LogP contribution in [0, 0.1) is 0 Å². The summed E-state index contributed by atoms with van der Waals surface area (Å²) in [7, 11) is 0. The van der Waals surface area contributed by atoms with E-state index in [1.807, 2.05) is 13.8 Å². The number of nitrogens with zero attached hydrogens (tertiary/aromatic N) is 1. The fourth-order valence-electron chi connectivity index (χ4n) is 2.69. The van der Waals surface area contributed by atoms with Crippen LogP contribution in [0.5, 0.6) is 0 Å². The Bertz CT molecular complexity index is 417. The highest BCUT2D eigenvalue weighted by Crippen LogP contribution is 2.34. The van der Waals surface area contributed by atoms with Gasteiger partial charge in [0.25, 0.3) is 0 Å². The first-order chi connectivity index (χ1) is 8.91. The third-order valence-corrected chi connectivity index (χ3v) is 4.28. The van der Waals surface area contributed by atoms with Crippen molar-refractivity contribution >= 4 is 17.8 Å². The maximum absolute atomic E-state index is 12.2. The molecule has 2 amide bonds. The number of carbonyl (C=O) groups excluding carboxylic acids is 2. The van der Waals surface area contributed by atoms with Gasteiger partial charge in [-0.25, -0.2) is 0 Å². The molecule has 0 bridgehead atoms. The summed E-state index contributed by atoms with van der Waals surface area (Å²) >= 11 is 0. The first kappa shape index (κ1) is 14.0.